The quantitative estimate of drug-likeness (QED) is 0.807. The van der Waals surface area contributed by atoms with Gasteiger partial charge in [0.25, 0.3) is 0 Å². The first kappa shape index (κ1) is 16.2. The lowest BCUT2D eigenvalue weighted by molar-refractivity contribution is 0.216. The number of hydrogen-bond acceptors (Lipinski definition) is 6. The van der Waals surface area contributed by atoms with Gasteiger partial charge in [-0.15, -0.1) is 0 Å². The maximum Gasteiger partial charge on any atom is 0.229 e. The molecule has 130 valence electrons. The molecule has 0 N–H and O–H groups in total. The SMILES string of the molecule is CN(Cc1noc(C2CC2)n1)C1CCN(Cc2ccc(C#N)cc2)C1. The summed E-state index contributed by atoms with van der Waals surface area (Å²) in [6.07, 6.45) is 3.52. The van der Waals surface area contributed by atoms with Gasteiger partial charge in [0.2, 0.25) is 5.89 Å². The van der Waals surface area contributed by atoms with Gasteiger partial charge in [-0.05, 0) is 44.0 Å². The zero-order valence-electron chi connectivity index (χ0n) is 14.6. The van der Waals surface area contributed by atoms with Gasteiger partial charge in [-0.2, -0.15) is 10.2 Å². The van der Waals surface area contributed by atoms with Gasteiger partial charge in [-0.3, -0.25) is 9.80 Å². The molecule has 2 fully saturated rings. The van der Waals surface area contributed by atoms with Crippen molar-refractivity contribution in [3.05, 3.63) is 47.1 Å². The number of likely N-dealkylation sites (tertiary alicyclic amines) is 1. The number of nitriles is 1. The second-order valence-electron chi connectivity index (χ2n) is 7.22. The molecule has 1 aliphatic heterocycles. The van der Waals surface area contributed by atoms with Crippen molar-refractivity contribution in [2.45, 2.75) is 44.3 Å². The summed E-state index contributed by atoms with van der Waals surface area (Å²) in [6.45, 7) is 3.81. The first-order valence-electron chi connectivity index (χ1n) is 8.95. The van der Waals surface area contributed by atoms with Crippen molar-refractivity contribution >= 4 is 0 Å². The number of hydrogen-bond donors (Lipinski definition) is 0. The average Bonchev–Trinajstić information content (AvgIpc) is 3.19. The Morgan fingerprint density at radius 2 is 2.08 bits per heavy atom. The van der Waals surface area contributed by atoms with Gasteiger partial charge >= 0.3 is 0 Å². The van der Waals surface area contributed by atoms with Gasteiger partial charge in [0, 0.05) is 31.6 Å². The monoisotopic (exact) mass is 337 g/mol. The van der Waals surface area contributed by atoms with Crippen LogP contribution in [0.5, 0.6) is 0 Å². The zero-order chi connectivity index (χ0) is 17.2. The Kier molecular flexibility index (Phi) is 4.51. The Morgan fingerprint density at radius 1 is 1.28 bits per heavy atom. The molecule has 1 unspecified atom stereocenters. The minimum atomic E-state index is 0.515. The fourth-order valence-corrected chi connectivity index (χ4v) is 3.44. The number of benzene rings is 1. The average molecular weight is 337 g/mol. The van der Waals surface area contributed by atoms with Crippen LogP contribution < -0.4 is 0 Å². The summed E-state index contributed by atoms with van der Waals surface area (Å²) in [7, 11) is 2.14. The Labute approximate surface area is 148 Å². The summed E-state index contributed by atoms with van der Waals surface area (Å²) >= 11 is 0. The fraction of sp³-hybridized carbons (Fsp3) is 0.526. The van der Waals surface area contributed by atoms with Gasteiger partial charge in [0.05, 0.1) is 18.2 Å². The minimum Gasteiger partial charge on any atom is -0.339 e. The third-order valence-electron chi connectivity index (χ3n) is 5.16. The van der Waals surface area contributed by atoms with Crippen molar-refractivity contribution in [1.82, 2.24) is 19.9 Å². The van der Waals surface area contributed by atoms with E-state index in [0.29, 0.717) is 17.5 Å². The topological polar surface area (TPSA) is 69.2 Å². The molecule has 2 aromatic rings. The van der Waals surface area contributed by atoms with E-state index >= 15 is 0 Å². The highest BCUT2D eigenvalue weighted by Gasteiger charge is 2.30. The standard InChI is InChI=1S/C19H23N5O/c1-23(13-18-21-19(25-22-18)16-6-7-16)17-8-9-24(12-17)11-15-4-2-14(10-20)3-5-15/h2-5,16-17H,6-9,11-13H2,1H3. The van der Waals surface area contributed by atoms with Crippen molar-refractivity contribution in [1.29, 1.82) is 5.26 Å². The molecular weight excluding hydrogens is 314 g/mol. The number of aromatic nitrogens is 2. The molecule has 25 heavy (non-hydrogen) atoms. The normalized spacial score (nSPS) is 20.9. The molecule has 1 aromatic heterocycles. The number of nitrogens with zero attached hydrogens (tertiary/aromatic N) is 5. The summed E-state index contributed by atoms with van der Waals surface area (Å²) < 4.78 is 5.35. The van der Waals surface area contributed by atoms with Gasteiger partial charge in [0.1, 0.15) is 0 Å². The van der Waals surface area contributed by atoms with Crippen LogP contribution in [0.3, 0.4) is 0 Å². The molecule has 6 heteroatoms. The lowest BCUT2D eigenvalue weighted by Gasteiger charge is -2.23. The molecule has 2 heterocycles. The van der Waals surface area contributed by atoms with Crippen LogP contribution in [0, 0.1) is 11.3 Å². The molecule has 0 bridgehead atoms. The van der Waals surface area contributed by atoms with Crippen LogP contribution in [0.25, 0.3) is 0 Å². The molecule has 4 rings (SSSR count). The molecule has 1 saturated heterocycles. The van der Waals surface area contributed by atoms with E-state index < -0.39 is 0 Å². The number of rotatable bonds is 6. The summed E-state index contributed by atoms with van der Waals surface area (Å²) in [5.74, 6) is 2.13. The van der Waals surface area contributed by atoms with Crippen molar-refractivity contribution < 1.29 is 4.52 Å². The zero-order valence-corrected chi connectivity index (χ0v) is 14.6. The highest BCUT2D eigenvalue weighted by Crippen LogP contribution is 2.38. The minimum absolute atomic E-state index is 0.515. The van der Waals surface area contributed by atoms with Crippen LogP contribution in [-0.4, -0.2) is 46.1 Å². The van der Waals surface area contributed by atoms with Gasteiger partial charge in [-0.25, -0.2) is 0 Å². The number of likely N-dealkylation sites (N-methyl/N-ethyl adjacent to an activating group) is 1. The highest BCUT2D eigenvalue weighted by molar-refractivity contribution is 5.31. The first-order valence-corrected chi connectivity index (χ1v) is 8.95. The van der Waals surface area contributed by atoms with E-state index in [-0.39, 0.29) is 0 Å². The molecule has 2 aliphatic rings. The van der Waals surface area contributed by atoms with Crippen LogP contribution in [0.2, 0.25) is 0 Å². The maximum atomic E-state index is 8.88. The molecule has 0 radical (unpaired) electrons. The molecule has 6 nitrogen and oxygen atoms in total. The van der Waals surface area contributed by atoms with E-state index in [1.165, 1.54) is 18.4 Å². The second-order valence-corrected chi connectivity index (χ2v) is 7.22. The van der Waals surface area contributed by atoms with Crippen LogP contribution in [0.1, 0.15) is 48.0 Å². The summed E-state index contributed by atoms with van der Waals surface area (Å²) in [5.41, 5.74) is 1.98. The van der Waals surface area contributed by atoms with E-state index in [0.717, 1.165) is 44.3 Å². The van der Waals surface area contributed by atoms with Crippen LogP contribution in [0.15, 0.2) is 28.8 Å². The van der Waals surface area contributed by atoms with Crippen LogP contribution >= 0.6 is 0 Å². The largest absolute Gasteiger partial charge is 0.339 e. The predicted molar refractivity (Wildman–Crippen MR) is 92.6 cm³/mol. The predicted octanol–water partition coefficient (Wildman–Crippen LogP) is 2.52. The molecular formula is C19H23N5O. The lowest BCUT2D eigenvalue weighted by atomic mass is 10.1. The smallest absolute Gasteiger partial charge is 0.229 e. The lowest BCUT2D eigenvalue weighted by Crippen LogP contribution is -2.34. The molecule has 1 atom stereocenters. The Morgan fingerprint density at radius 3 is 2.80 bits per heavy atom. The Balaban J connectivity index is 1.29. The van der Waals surface area contributed by atoms with E-state index in [1.807, 2.05) is 24.3 Å². The van der Waals surface area contributed by atoms with Crippen molar-refractivity contribution in [3.63, 3.8) is 0 Å². The second kappa shape index (κ2) is 6.95. The Hall–Kier alpha value is -2.23. The van der Waals surface area contributed by atoms with E-state index in [4.69, 9.17) is 9.78 Å². The molecule has 0 amide bonds. The van der Waals surface area contributed by atoms with Crippen molar-refractivity contribution in [2.24, 2.45) is 0 Å². The van der Waals surface area contributed by atoms with Crippen LogP contribution in [-0.2, 0) is 13.1 Å². The molecule has 1 saturated carbocycles. The highest BCUT2D eigenvalue weighted by atomic mass is 16.5. The van der Waals surface area contributed by atoms with Crippen molar-refractivity contribution in [2.75, 3.05) is 20.1 Å². The summed E-state index contributed by atoms with van der Waals surface area (Å²) in [4.78, 5) is 9.33. The fourth-order valence-electron chi connectivity index (χ4n) is 3.44. The van der Waals surface area contributed by atoms with Gasteiger partial charge in [-0.1, -0.05) is 17.3 Å². The molecule has 0 spiro atoms. The van der Waals surface area contributed by atoms with E-state index in [2.05, 4.69) is 33.1 Å². The van der Waals surface area contributed by atoms with Crippen molar-refractivity contribution in [3.8, 4) is 6.07 Å². The Bertz CT molecular complexity index is 759. The van der Waals surface area contributed by atoms with E-state index in [1.54, 1.807) is 0 Å². The first-order chi connectivity index (χ1) is 12.2. The third kappa shape index (κ3) is 3.89. The third-order valence-corrected chi connectivity index (χ3v) is 5.16. The van der Waals surface area contributed by atoms with Crippen LogP contribution in [0.4, 0.5) is 0 Å². The summed E-state index contributed by atoms with van der Waals surface area (Å²) in [6, 6.07) is 10.6. The molecule has 1 aliphatic carbocycles. The molecule has 1 aromatic carbocycles. The van der Waals surface area contributed by atoms with Gasteiger partial charge in [0.15, 0.2) is 5.82 Å². The summed E-state index contributed by atoms with van der Waals surface area (Å²) in [5, 5.41) is 13.0. The maximum absolute atomic E-state index is 8.88. The van der Waals surface area contributed by atoms with Gasteiger partial charge < -0.3 is 4.52 Å². The van der Waals surface area contributed by atoms with E-state index in [9.17, 15) is 0 Å².